The number of allylic oxidation sites excluding steroid dienone is 2. The van der Waals surface area contributed by atoms with Crippen molar-refractivity contribution in [2.75, 3.05) is 6.61 Å². The molecular formula is C25H32O5. The molecule has 3 fully saturated rings. The van der Waals surface area contributed by atoms with E-state index in [0.717, 1.165) is 12.0 Å². The van der Waals surface area contributed by atoms with Crippen molar-refractivity contribution < 1.29 is 24.2 Å². The lowest BCUT2D eigenvalue weighted by atomic mass is 9.61. The molecule has 0 radical (unpaired) electrons. The molecule has 1 heterocycles. The summed E-state index contributed by atoms with van der Waals surface area (Å²) in [6.45, 7) is 11.9. The Morgan fingerprint density at radius 1 is 1.40 bits per heavy atom. The van der Waals surface area contributed by atoms with Gasteiger partial charge in [0.15, 0.2) is 17.5 Å². The van der Waals surface area contributed by atoms with E-state index in [1.165, 1.54) is 0 Å². The van der Waals surface area contributed by atoms with Crippen LogP contribution < -0.4 is 0 Å². The molecule has 0 aromatic heterocycles. The molecular weight excluding hydrogens is 380 g/mol. The van der Waals surface area contributed by atoms with Crippen LogP contribution in [0.25, 0.3) is 0 Å². The Hall–Kier alpha value is -1.72. The standard InChI is InChI=1S/C25H32O5/c1-7-12(2)22(28)29-21-15(11-26)9-16-18-17(23(18,5)6)8-14(4)24(19(16)27)10-13(3)20-25(21,24)30-20/h7,9-10,14,16-18,20-21,26H,8,11H2,1-6H3/b12-7-/t14-,16+,17-,18+,20+,21-,24+,25-/m1/s1. The highest BCUT2D eigenvalue weighted by atomic mass is 16.7. The van der Waals surface area contributed by atoms with Gasteiger partial charge in [0, 0.05) is 11.5 Å². The van der Waals surface area contributed by atoms with Gasteiger partial charge in [0.25, 0.3) is 0 Å². The average Bonchev–Trinajstić information content (AvgIpc) is 3.56. The van der Waals surface area contributed by atoms with Crippen molar-refractivity contribution in [3.8, 4) is 0 Å². The summed E-state index contributed by atoms with van der Waals surface area (Å²) >= 11 is 0. The topological polar surface area (TPSA) is 76.1 Å². The zero-order valence-electron chi connectivity index (χ0n) is 18.7. The Bertz CT molecular complexity index is 939. The molecule has 0 aromatic rings. The lowest BCUT2D eigenvalue weighted by Crippen LogP contribution is -2.55. The summed E-state index contributed by atoms with van der Waals surface area (Å²) in [4.78, 5) is 27.0. The maximum atomic E-state index is 14.2. The van der Waals surface area contributed by atoms with Crippen LogP contribution in [0.15, 0.2) is 34.9 Å². The van der Waals surface area contributed by atoms with E-state index >= 15 is 0 Å². The molecule has 5 heteroatoms. The monoisotopic (exact) mass is 412 g/mol. The number of ketones is 1. The summed E-state index contributed by atoms with van der Waals surface area (Å²) in [7, 11) is 0. The SMILES string of the molecule is C/C=C(/C)C(=O)O[C@@H]1C(CO)=C[C@@H]2C(=O)[C@]3(C=C(C)[C@@H]4O[C@@]143)[C@H](C)C[C@@H]1[C@H]2C1(C)C. The molecule has 1 saturated heterocycles. The van der Waals surface area contributed by atoms with E-state index in [2.05, 4.69) is 26.8 Å². The highest BCUT2D eigenvalue weighted by Crippen LogP contribution is 2.75. The van der Waals surface area contributed by atoms with E-state index < -0.39 is 23.1 Å². The van der Waals surface area contributed by atoms with Crippen LogP contribution in [0.1, 0.15) is 48.0 Å². The predicted octanol–water partition coefficient (Wildman–Crippen LogP) is 3.38. The van der Waals surface area contributed by atoms with Crippen molar-refractivity contribution in [2.24, 2.45) is 34.5 Å². The van der Waals surface area contributed by atoms with Crippen molar-refractivity contribution in [2.45, 2.75) is 65.8 Å². The van der Waals surface area contributed by atoms with Gasteiger partial charge in [-0.1, -0.05) is 39.0 Å². The quantitative estimate of drug-likeness (QED) is 0.333. The molecule has 1 N–H and O–H groups in total. The molecule has 162 valence electrons. The fraction of sp³-hybridized carbons (Fsp3) is 0.680. The van der Waals surface area contributed by atoms with Crippen LogP contribution >= 0.6 is 0 Å². The van der Waals surface area contributed by atoms with E-state index in [4.69, 9.17) is 9.47 Å². The first kappa shape index (κ1) is 20.2. The molecule has 4 aliphatic carbocycles. The third-order valence-corrected chi connectivity index (χ3v) is 9.06. The number of ether oxygens (including phenoxy) is 2. The summed E-state index contributed by atoms with van der Waals surface area (Å²) < 4.78 is 12.4. The Balaban J connectivity index is 1.70. The van der Waals surface area contributed by atoms with Crippen molar-refractivity contribution in [3.63, 3.8) is 0 Å². The normalized spacial score (nSPS) is 47.7. The summed E-state index contributed by atoms with van der Waals surface area (Å²) in [5.74, 6) is 0.270. The first-order valence-corrected chi connectivity index (χ1v) is 11.1. The largest absolute Gasteiger partial charge is 0.451 e. The highest BCUT2D eigenvalue weighted by molar-refractivity contribution is 5.96. The minimum Gasteiger partial charge on any atom is -0.451 e. The van der Waals surface area contributed by atoms with Gasteiger partial charge in [0.05, 0.1) is 12.0 Å². The molecule has 2 saturated carbocycles. The molecule has 0 unspecified atom stereocenters. The number of rotatable bonds is 3. The molecule has 0 amide bonds. The lowest BCUT2D eigenvalue weighted by molar-refractivity contribution is -0.153. The van der Waals surface area contributed by atoms with Crippen molar-refractivity contribution in [1.82, 2.24) is 0 Å². The van der Waals surface area contributed by atoms with Crippen LogP contribution in [0.5, 0.6) is 0 Å². The molecule has 30 heavy (non-hydrogen) atoms. The van der Waals surface area contributed by atoms with E-state index in [-0.39, 0.29) is 41.7 Å². The van der Waals surface area contributed by atoms with Crippen LogP contribution in [0.3, 0.4) is 0 Å². The molecule has 0 aromatic carbocycles. The van der Waals surface area contributed by atoms with Gasteiger partial charge in [0.1, 0.15) is 6.10 Å². The van der Waals surface area contributed by atoms with Gasteiger partial charge in [-0.25, -0.2) is 4.79 Å². The molecule has 2 spiro atoms. The van der Waals surface area contributed by atoms with Crippen LogP contribution in [0.2, 0.25) is 0 Å². The fourth-order valence-electron chi connectivity index (χ4n) is 7.25. The Morgan fingerprint density at radius 3 is 2.70 bits per heavy atom. The Kier molecular flexibility index (Phi) is 4.00. The first-order valence-electron chi connectivity index (χ1n) is 11.1. The Morgan fingerprint density at radius 2 is 2.10 bits per heavy atom. The van der Waals surface area contributed by atoms with Gasteiger partial charge in [-0.15, -0.1) is 0 Å². The zero-order valence-corrected chi connectivity index (χ0v) is 18.7. The van der Waals surface area contributed by atoms with Crippen molar-refractivity contribution in [3.05, 3.63) is 34.9 Å². The summed E-state index contributed by atoms with van der Waals surface area (Å²) in [6.07, 6.45) is 5.70. The number of epoxide rings is 1. The molecule has 1 aliphatic heterocycles. The number of carbonyl (C=O) groups excluding carboxylic acids is 2. The van der Waals surface area contributed by atoms with Gasteiger partial charge in [0.2, 0.25) is 0 Å². The third kappa shape index (κ3) is 2.11. The lowest BCUT2D eigenvalue weighted by Gasteiger charge is -2.41. The number of hydrogen-bond donors (Lipinski definition) is 1. The van der Waals surface area contributed by atoms with Gasteiger partial charge in [-0.3, -0.25) is 4.79 Å². The summed E-state index contributed by atoms with van der Waals surface area (Å²) in [6, 6.07) is 0. The number of aliphatic hydroxyl groups is 1. The van der Waals surface area contributed by atoms with Crippen molar-refractivity contribution >= 4 is 11.8 Å². The maximum Gasteiger partial charge on any atom is 0.334 e. The van der Waals surface area contributed by atoms with Crippen molar-refractivity contribution in [1.29, 1.82) is 0 Å². The van der Waals surface area contributed by atoms with Crippen LogP contribution in [-0.2, 0) is 19.1 Å². The minimum atomic E-state index is -0.929. The maximum absolute atomic E-state index is 14.2. The number of carbonyl (C=O) groups is 2. The number of Topliss-reactive ketones (excluding diaryl/α,β-unsaturated/α-hetero) is 1. The summed E-state index contributed by atoms with van der Waals surface area (Å²) in [5, 5.41) is 10.3. The van der Waals surface area contributed by atoms with Crippen LogP contribution in [-0.4, -0.2) is 41.3 Å². The predicted molar refractivity (Wildman–Crippen MR) is 111 cm³/mol. The molecule has 2 bridgehead atoms. The second kappa shape index (κ2) is 5.95. The van der Waals surface area contributed by atoms with E-state index in [1.54, 1.807) is 19.9 Å². The molecule has 5 rings (SSSR count). The number of fused-ring (bicyclic) bond motifs is 3. The van der Waals surface area contributed by atoms with Crippen LogP contribution in [0, 0.1) is 34.5 Å². The van der Waals surface area contributed by atoms with E-state index in [1.807, 2.05) is 13.0 Å². The van der Waals surface area contributed by atoms with Crippen LogP contribution in [0.4, 0.5) is 0 Å². The van der Waals surface area contributed by atoms with Gasteiger partial charge < -0.3 is 14.6 Å². The van der Waals surface area contributed by atoms with Gasteiger partial charge in [-0.05, 0) is 61.5 Å². The third-order valence-electron chi connectivity index (χ3n) is 9.06. The number of esters is 1. The summed E-state index contributed by atoms with van der Waals surface area (Å²) in [5.41, 5.74) is 0.490. The average molecular weight is 413 g/mol. The smallest absolute Gasteiger partial charge is 0.334 e. The number of aliphatic hydroxyl groups excluding tert-OH is 1. The minimum absolute atomic E-state index is 0.0715. The highest BCUT2D eigenvalue weighted by Gasteiger charge is 2.84. The molecule has 5 nitrogen and oxygen atoms in total. The number of hydrogen-bond acceptors (Lipinski definition) is 5. The zero-order chi connectivity index (χ0) is 21.8. The van der Waals surface area contributed by atoms with Gasteiger partial charge in [-0.2, -0.15) is 0 Å². The van der Waals surface area contributed by atoms with E-state index in [0.29, 0.717) is 17.1 Å². The molecule has 5 aliphatic rings. The first-order chi connectivity index (χ1) is 14.1. The van der Waals surface area contributed by atoms with Gasteiger partial charge >= 0.3 is 5.97 Å². The second-order valence-corrected chi connectivity index (χ2v) is 10.7. The molecule has 8 atom stereocenters. The Labute approximate surface area is 178 Å². The fourth-order valence-corrected chi connectivity index (χ4v) is 7.25. The second-order valence-electron chi connectivity index (χ2n) is 10.7. The van der Waals surface area contributed by atoms with E-state index in [9.17, 15) is 14.7 Å².